The molecule has 0 radical (unpaired) electrons. The summed E-state index contributed by atoms with van der Waals surface area (Å²) < 4.78 is 27.4. The van der Waals surface area contributed by atoms with Crippen LogP contribution in [0.4, 0.5) is 8.78 Å². The molecule has 0 saturated heterocycles. The molecule has 3 heteroatoms. The first kappa shape index (κ1) is 15.6. The molecular weight excluding hydrogens is 268 g/mol. The molecule has 2 rings (SSSR count). The van der Waals surface area contributed by atoms with Gasteiger partial charge in [0, 0.05) is 11.6 Å². The van der Waals surface area contributed by atoms with Gasteiger partial charge in [-0.1, -0.05) is 36.8 Å². The lowest BCUT2D eigenvalue weighted by atomic mass is 9.97. The molecule has 1 atom stereocenters. The molecule has 1 unspecified atom stereocenters. The van der Waals surface area contributed by atoms with Gasteiger partial charge in [-0.25, -0.2) is 8.78 Å². The zero-order valence-electron chi connectivity index (χ0n) is 12.5. The highest BCUT2D eigenvalue weighted by molar-refractivity contribution is 5.29. The molecule has 0 bridgehead atoms. The predicted molar refractivity (Wildman–Crippen MR) is 82.3 cm³/mol. The summed E-state index contributed by atoms with van der Waals surface area (Å²) in [5.74, 6) is -0.475. The lowest BCUT2D eigenvalue weighted by molar-refractivity contribution is 0.495. The molecule has 0 saturated carbocycles. The van der Waals surface area contributed by atoms with E-state index in [-0.39, 0.29) is 17.7 Å². The van der Waals surface area contributed by atoms with E-state index in [0.717, 1.165) is 24.1 Å². The van der Waals surface area contributed by atoms with E-state index >= 15 is 0 Å². The molecule has 0 amide bonds. The molecule has 112 valence electrons. The van der Waals surface area contributed by atoms with Crippen molar-refractivity contribution in [3.05, 3.63) is 70.8 Å². The van der Waals surface area contributed by atoms with Crippen molar-refractivity contribution in [1.29, 1.82) is 0 Å². The summed E-state index contributed by atoms with van der Waals surface area (Å²) in [7, 11) is 0. The molecule has 21 heavy (non-hydrogen) atoms. The summed E-state index contributed by atoms with van der Waals surface area (Å²) in [5, 5.41) is 3.36. The van der Waals surface area contributed by atoms with Crippen LogP contribution in [-0.4, -0.2) is 6.54 Å². The monoisotopic (exact) mass is 289 g/mol. The van der Waals surface area contributed by atoms with Gasteiger partial charge in [0.05, 0.1) is 0 Å². The molecule has 0 spiro atoms. The second-order valence-electron chi connectivity index (χ2n) is 5.37. The van der Waals surface area contributed by atoms with Gasteiger partial charge in [-0.05, 0) is 50.1 Å². The SMILES string of the molecule is CCCNC(Cc1cccc(F)c1)c1cc(C)ccc1F. The van der Waals surface area contributed by atoms with Gasteiger partial charge in [0.15, 0.2) is 0 Å². The van der Waals surface area contributed by atoms with Gasteiger partial charge in [0.1, 0.15) is 11.6 Å². The largest absolute Gasteiger partial charge is 0.310 e. The van der Waals surface area contributed by atoms with Crippen molar-refractivity contribution in [2.45, 2.75) is 32.7 Å². The standard InChI is InChI=1S/C18H21F2N/c1-3-9-21-18(12-14-5-4-6-15(19)11-14)16-10-13(2)7-8-17(16)20/h4-8,10-11,18,21H,3,9,12H2,1-2H3. The van der Waals surface area contributed by atoms with Crippen LogP contribution in [0.25, 0.3) is 0 Å². The Morgan fingerprint density at radius 2 is 1.90 bits per heavy atom. The summed E-state index contributed by atoms with van der Waals surface area (Å²) in [5.41, 5.74) is 2.53. The first-order chi connectivity index (χ1) is 10.1. The highest BCUT2D eigenvalue weighted by Gasteiger charge is 2.16. The Kier molecular flexibility index (Phi) is 5.45. The first-order valence-electron chi connectivity index (χ1n) is 7.34. The maximum atomic E-state index is 14.1. The van der Waals surface area contributed by atoms with Crippen LogP contribution < -0.4 is 5.32 Å². The van der Waals surface area contributed by atoms with Gasteiger partial charge < -0.3 is 5.32 Å². The van der Waals surface area contributed by atoms with Crippen LogP contribution in [-0.2, 0) is 6.42 Å². The minimum atomic E-state index is -0.258. The average molecular weight is 289 g/mol. The van der Waals surface area contributed by atoms with Crippen LogP contribution in [0, 0.1) is 18.6 Å². The average Bonchev–Trinajstić information content (AvgIpc) is 2.46. The summed E-state index contributed by atoms with van der Waals surface area (Å²) in [6.07, 6.45) is 1.53. The second kappa shape index (κ2) is 7.32. The van der Waals surface area contributed by atoms with E-state index in [0.29, 0.717) is 12.0 Å². The minimum absolute atomic E-state index is 0.147. The molecule has 1 nitrogen and oxygen atoms in total. The number of hydrogen-bond donors (Lipinski definition) is 1. The Bertz CT molecular complexity index is 596. The molecule has 0 fully saturated rings. The molecular formula is C18H21F2N. The number of hydrogen-bond acceptors (Lipinski definition) is 1. The van der Waals surface area contributed by atoms with E-state index in [4.69, 9.17) is 0 Å². The van der Waals surface area contributed by atoms with E-state index in [9.17, 15) is 8.78 Å². The predicted octanol–water partition coefficient (Wildman–Crippen LogP) is 4.56. The summed E-state index contributed by atoms with van der Waals surface area (Å²) in [6.45, 7) is 4.81. The van der Waals surface area contributed by atoms with Crippen LogP contribution >= 0.6 is 0 Å². The Morgan fingerprint density at radius 1 is 1.10 bits per heavy atom. The minimum Gasteiger partial charge on any atom is -0.310 e. The van der Waals surface area contributed by atoms with Gasteiger partial charge in [-0.15, -0.1) is 0 Å². The fraction of sp³-hybridized carbons (Fsp3) is 0.333. The number of aryl methyl sites for hydroxylation is 1. The third-order valence-corrected chi connectivity index (χ3v) is 3.50. The number of benzene rings is 2. The number of nitrogens with one attached hydrogen (secondary N) is 1. The molecule has 0 aliphatic heterocycles. The van der Waals surface area contributed by atoms with Crippen LogP contribution in [0.15, 0.2) is 42.5 Å². The molecule has 2 aromatic carbocycles. The highest BCUT2D eigenvalue weighted by Crippen LogP contribution is 2.23. The molecule has 0 heterocycles. The smallest absolute Gasteiger partial charge is 0.128 e. The summed E-state index contributed by atoms with van der Waals surface area (Å²) in [6, 6.07) is 11.5. The van der Waals surface area contributed by atoms with Gasteiger partial charge in [-0.3, -0.25) is 0 Å². The maximum Gasteiger partial charge on any atom is 0.128 e. The highest BCUT2D eigenvalue weighted by atomic mass is 19.1. The molecule has 1 N–H and O–H groups in total. The van der Waals surface area contributed by atoms with E-state index in [1.165, 1.54) is 18.2 Å². The second-order valence-corrected chi connectivity index (χ2v) is 5.37. The zero-order chi connectivity index (χ0) is 15.2. The summed E-state index contributed by atoms with van der Waals surface area (Å²) in [4.78, 5) is 0. The fourth-order valence-electron chi connectivity index (χ4n) is 2.44. The van der Waals surface area contributed by atoms with Gasteiger partial charge in [0.2, 0.25) is 0 Å². The third-order valence-electron chi connectivity index (χ3n) is 3.50. The molecule has 2 aromatic rings. The quantitative estimate of drug-likeness (QED) is 0.822. The van der Waals surface area contributed by atoms with Crippen LogP contribution in [0.2, 0.25) is 0 Å². The normalized spacial score (nSPS) is 12.4. The molecule has 0 aliphatic carbocycles. The zero-order valence-corrected chi connectivity index (χ0v) is 12.5. The van der Waals surface area contributed by atoms with Crippen LogP contribution in [0.3, 0.4) is 0 Å². The number of rotatable bonds is 6. The van der Waals surface area contributed by atoms with E-state index < -0.39 is 0 Å². The van der Waals surface area contributed by atoms with Crippen molar-refractivity contribution < 1.29 is 8.78 Å². The van der Waals surface area contributed by atoms with Crippen molar-refractivity contribution in [2.24, 2.45) is 0 Å². The van der Waals surface area contributed by atoms with Crippen molar-refractivity contribution >= 4 is 0 Å². The topological polar surface area (TPSA) is 12.0 Å². The van der Waals surface area contributed by atoms with Crippen molar-refractivity contribution in [3.8, 4) is 0 Å². The van der Waals surface area contributed by atoms with E-state index in [2.05, 4.69) is 12.2 Å². The molecule has 0 aromatic heterocycles. The maximum absolute atomic E-state index is 14.1. The summed E-state index contributed by atoms with van der Waals surface area (Å²) >= 11 is 0. The van der Waals surface area contributed by atoms with Crippen LogP contribution in [0.1, 0.15) is 36.1 Å². The Hall–Kier alpha value is -1.74. The molecule has 0 aliphatic rings. The van der Waals surface area contributed by atoms with E-state index in [1.54, 1.807) is 12.1 Å². The van der Waals surface area contributed by atoms with Crippen molar-refractivity contribution in [2.75, 3.05) is 6.54 Å². The van der Waals surface area contributed by atoms with Gasteiger partial charge >= 0.3 is 0 Å². The van der Waals surface area contributed by atoms with Crippen molar-refractivity contribution in [1.82, 2.24) is 5.32 Å². The lowest BCUT2D eigenvalue weighted by Gasteiger charge is -2.20. The van der Waals surface area contributed by atoms with Crippen LogP contribution in [0.5, 0.6) is 0 Å². The van der Waals surface area contributed by atoms with Gasteiger partial charge in [0.25, 0.3) is 0 Å². The first-order valence-corrected chi connectivity index (χ1v) is 7.34. The van der Waals surface area contributed by atoms with Crippen molar-refractivity contribution in [3.63, 3.8) is 0 Å². The number of halogens is 2. The van der Waals surface area contributed by atoms with E-state index in [1.807, 2.05) is 19.1 Å². The lowest BCUT2D eigenvalue weighted by Crippen LogP contribution is -2.25. The fourth-order valence-corrected chi connectivity index (χ4v) is 2.44. The Labute approximate surface area is 125 Å². The third kappa shape index (κ3) is 4.36. The Morgan fingerprint density at radius 3 is 2.62 bits per heavy atom. The Balaban J connectivity index is 2.27. The van der Waals surface area contributed by atoms with Gasteiger partial charge in [-0.2, -0.15) is 0 Å².